The summed E-state index contributed by atoms with van der Waals surface area (Å²) in [5.74, 6) is -0.388. The van der Waals surface area contributed by atoms with Crippen molar-refractivity contribution < 1.29 is 14.1 Å². The van der Waals surface area contributed by atoms with E-state index in [0.29, 0.717) is 19.0 Å². The minimum absolute atomic E-state index is 0.0756. The number of amides is 2. The predicted molar refractivity (Wildman–Crippen MR) is 104 cm³/mol. The molecule has 2 amide bonds. The van der Waals surface area contributed by atoms with Gasteiger partial charge >= 0.3 is 0 Å². The van der Waals surface area contributed by atoms with Gasteiger partial charge in [-0.25, -0.2) is 4.98 Å². The van der Waals surface area contributed by atoms with Crippen LogP contribution in [-0.2, 0) is 11.3 Å². The second kappa shape index (κ2) is 7.59. The van der Waals surface area contributed by atoms with Crippen LogP contribution in [0.4, 0.5) is 5.95 Å². The molecule has 1 atom stereocenters. The molecule has 29 heavy (non-hydrogen) atoms. The van der Waals surface area contributed by atoms with E-state index in [1.165, 1.54) is 12.3 Å². The Balaban J connectivity index is 1.65. The third-order valence-electron chi connectivity index (χ3n) is 4.97. The summed E-state index contributed by atoms with van der Waals surface area (Å²) in [7, 11) is 0. The van der Waals surface area contributed by atoms with Crippen LogP contribution in [0, 0.1) is 11.3 Å². The minimum Gasteiger partial charge on any atom is -0.351 e. The van der Waals surface area contributed by atoms with Crippen molar-refractivity contribution in [2.45, 2.75) is 25.4 Å². The van der Waals surface area contributed by atoms with E-state index in [1.807, 2.05) is 34.9 Å². The van der Waals surface area contributed by atoms with E-state index in [0.717, 1.165) is 23.9 Å². The third-order valence-corrected chi connectivity index (χ3v) is 4.97. The Hall–Kier alpha value is -3.93. The maximum atomic E-state index is 12.5. The molecule has 9 heteroatoms. The molecule has 1 aromatic carbocycles. The van der Waals surface area contributed by atoms with Gasteiger partial charge in [0, 0.05) is 19.2 Å². The number of nitriles is 1. The summed E-state index contributed by atoms with van der Waals surface area (Å²) in [6.07, 6.45) is 3.01. The number of hydrogen-bond acceptors (Lipinski definition) is 6. The number of carbonyl (C=O) groups is 2. The Morgan fingerprint density at radius 2 is 2.17 bits per heavy atom. The van der Waals surface area contributed by atoms with Gasteiger partial charge in [-0.1, -0.05) is 23.9 Å². The predicted octanol–water partition coefficient (Wildman–Crippen LogP) is 2.35. The molecular weight excluding hydrogens is 372 g/mol. The monoisotopic (exact) mass is 390 g/mol. The molecule has 1 fully saturated rings. The van der Waals surface area contributed by atoms with Gasteiger partial charge in [0.15, 0.2) is 0 Å². The van der Waals surface area contributed by atoms with Crippen LogP contribution < -0.4 is 5.32 Å². The highest BCUT2D eigenvalue weighted by Crippen LogP contribution is 2.26. The average molecular weight is 390 g/mol. The van der Waals surface area contributed by atoms with Crippen molar-refractivity contribution in [2.24, 2.45) is 0 Å². The number of hydrogen-bond donors (Lipinski definition) is 1. The van der Waals surface area contributed by atoms with Gasteiger partial charge in [-0.3, -0.25) is 14.9 Å². The second-order valence-electron chi connectivity index (χ2n) is 6.75. The Morgan fingerprint density at radius 1 is 1.34 bits per heavy atom. The van der Waals surface area contributed by atoms with Gasteiger partial charge in [-0.2, -0.15) is 5.26 Å². The van der Waals surface area contributed by atoms with E-state index in [2.05, 4.69) is 22.0 Å². The van der Waals surface area contributed by atoms with Crippen molar-refractivity contribution in [2.75, 3.05) is 11.9 Å². The van der Waals surface area contributed by atoms with E-state index >= 15 is 0 Å². The van der Waals surface area contributed by atoms with Gasteiger partial charge in [0.1, 0.15) is 11.6 Å². The number of carbonyl (C=O) groups excluding carboxylic acids is 2. The molecule has 2 aromatic heterocycles. The molecule has 0 unspecified atom stereocenters. The molecule has 1 aliphatic heterocycles. The maximum Gasteiger partial charge on any atom is 0.296 e. The van der Waals surface area contributed by atoms with Crippen LogP contribution in [0.5, 0.6) is 0 Å². The summed E-state index contributed by atoms with van der Waals surface area (Å²) in [5.41, 5.74) is 1.47. The Labute approximate surface area is 166 Å². The highest BCUT2D eigenvalue weighted by Gasteiger charge is 2.31. The standard InChI is InChI=1S/C20H18N6O3/c1-13(11-21)19(28)25-10-4-5-14(25)12-26-16-7-3-2-6-15(16)23-20(26)24-18(27)17-8-9-22-29-17/h2-3,6-9,14H,1,4-5,10,12H2,(H,23,24,27)/t14-/m1/s1. The van der Waals surface area contributed by atoms with E-state index < -0.39 is 5.91 Å². The third kappa shape index (κ3) is 3.48. The fraction of sp³-hybridized carbons (Fsp3) is 0.250. The first kappa shape index (κ1) is 18.4. The number of fused-ring (bicyclic) bond motifs is 1. The molecule has 4 rings (SSSR count). The molecule has 0 spiro atoms. The van der Waals surface area contributed by atoms with Crippen LogP contribution in [-0.4, -0.2) is 44.0 Å². The number of rotatable bonds is 5. The quantitative estimate of drug-likeness (QED) is 0.528. The van der Waals surface area contributed by atoms with Crippen molar-refractivity contribution in [3.63, 3.8) is 0 Å². The number of nitrogens with one attached hydrogen (secondary N) is 1. The van der Waals surface area contributed by atoms with Gasteiger partial charge in [-0.15, -0.1) is 0 Å². The van der Waals surface area contributed by atoms with Crippen molar-refractivity contribution >= 4 is 28.8 Å². The summed E-state index contributed by atoms with van der Waals surface area (Å²) < 4.78 is 6.78. The number of benzene rings is 1. The van der Waals surface area contributed by atoms with Gasteiger partial charge < -0.3 is 14.0 Å². The Morgan fingerprint density at radius 3 is 2.93 bits per heavy atom. The summed E-state index contributed by atoms with van der Waals surface area (Å²) in [6, 6.07) is 10.7. The largest absolute Gasteiger partial charge is 0.351 e. The highest BCUT2D eigenvalue weighted by atomic mass is 16.5. The van der Waals surface area contributed by atoms with E-state index in [1.54, 1.807) is 4.90 Å². The molecule has 1 saturated heterocycles. The Kier molecular flexibility index (Phi) is 4.83. The minimum atomic E-state index is -0.462. The molecule has 146 valence electrons. The molecule has 0 radical (unpaired) electrons. The van der Waals surface area contributed by atoms with Gasteiger partial charge in [0.05, 0.1) is 23.3 Å². The highest BCUT2D eigenvalue weighted by molar-refractivity contribution is 6.02. The first-order chi connectivity index (χ1) is 14.1. The fourth-order valence-electron chi connectivity index (χ4n) is 3.58. The zero-order valence-electron chi connectivity index (χ0n) is 15.5. The normalized spacial score (nSPS) is 16.0. The lowest BCUT2D eigenvalue weighted by Gasteiger charge is -2.25. The number of para-hydroxylation sites is 2. The van der Waals surface area contributed by atoms with Gasteiger partial charge in [0.25, 0.3) is 11.8 Å². The number of aromatic nitrogens is 3. The molecule has 3 aromatic rings. The lowest BCUT2D eigenvalue weighted by Crippen LogP contribution is -2.38. The first-order valence-electron chi connectivity index (χ1n) is 9.15. The van der Waals surface area contributed by atoms with E-state index in [-0.39, 0.29) is 23.3 Å². The van der Waals surface area contributed by atoms with Gasteiger partial charge in [0.2, 0.25) is 11.7 Å². The fourth-order valence-corrected chi connectivity index (χ4v) is 3.58. The van der Waals surface area contributed by atoms with Crippen molar-refractivity contribution in [1.82, 2.24) is 19.6 Å². The van der Waals surface area contributed by atoms with Crippen LogP contribution >= 0.6 is 0 Å². The second-order valence-corrected chi connectivity index (χ2v) is 6.75. The maximum absolute atomic E-state index is 12.5. The summed E-state index contributed by atoms with van der Waals surface area (Å²) in [5, 5.41) is 15.3. The summed E-state index contributed by atoms with van der Waals surface area (Å²) >= 11 is 0. The van der Waals surface area contributed by atoms with Crippen LogP contribution in [0.25, 0.3) is 11.0 Å². The van der Waals surface area contributed by atoms with Gasteiger partial charge in [-0.05, 0) is 25.0 Å². The topological polar surface area (TPSA) is 117 Å². The first-order valence-corrected chi connectivity index (χ1v) is 9.15. The van der Waals surface area contributed by atoms with Crippen LogP contribution in [0.2, 0.25) is 0 Å². The lowest BCUT2D eigenvalue weighted by molar-refractivity contribution is -0.127. The number of anilines is 1. The summed E-state index contributed by atoms with van der Waals surface area (Å²) in [6.45, 7) is 4.53. The van der Waals surface area contributed by atoms with Crippen molar-refractivity contribution in [3.8, 4) is 6.07 Å². The smallest absolute Gasteiger partial charge is 0.296 e. The molecule has 1 aliphatic rings. The molecule has 1 N–H and O–H groups in total. The average Bonchev–Trinajstić information content (AvgIpc) is 3.48. The van der Waals surface area contributed by atoms with Crippen LogP contribution in [0.1, 0.15) is 23.4 Å². The number of likely N-dealkylation sites (tertiary alicyclic amines) is 1. The van der Waals surface area contributed by atoms with Crippen molar-refractivity contribution in [1.29, 1.82) is 5.26 Å². The van der Waals surface area contributed by atoms with Crippen LogP contribution in [0.3, 0.4) is 0 Å². The lowest BCUT2D eigenvalue weighted by atomic mass is 10.2. The molecule has 3 heterocycles. The number of nitrogens with zero attached hydrogens (tertiary/aromatic N) is 5. The van der Waals surface area contributed by atoms with E-state index in [9.17, 15) is 9.59 Å². The Bertz CT molecular complexity index is 1120. The molecule has 0 bridgehead atoms. The zero-order chi connectivity index (χ0) is 20.4. The van der Waals surface area contributed by atoms with Crippen LogP contribution in [0.15, 0.2) is 53.2 Å². The SMILES string of the molecule is C=C(C#N)C(=O)N1CCC[C@@H]1Cn1c(NC(=O)c2ccno2)nc2ccccc21. The molecule has 9 nitrogen and oxygen atoms in total. The number of imidazole rings is 1. The summed E-state index contributed by atoms with van der Waals surface area (Å²) in [4.78, 5) is 31.1. The molecular formula is C20H18N6O3. The van der Waals surface area contributed by atoms with E-state index in [4.69, 9.17) is 9.78 Å². The van der Waals surface area contributed by atoms with Crippen molar-refractivity contribution in [3.05, 3.63) is 54.4 Å². The molecule has 0 saturated carbocycles. The zero-order valence-corrected chi connectivity index (χ0v) is 15.5. The molecule has 0 aliphatic carbocycles.